The zero-order valence-electron chi connectivity index (χ0n) is 27.2. The lowest BCUT2D eigenvalue weighted by molar-refractivity contribution is 1.08. The summed E-state index contributed by atoms with van der Waals surface area (Å²) in [5, 5.41) is 4.63. The summed E-state index contributed by atoms with van der Waals surface area (Å²) in [6, 6.07) is 65.9. The first-order chi connectivity index (χ1) is 24.7. The van der Waals surface area contributed by atoms with Gasteiger partial charge in [0.15, 0.2) is 17.5 Å². The zero-order valence-corrected chi connectivity index (χ0v) is 27.2. The Hall–Kier alpha value is -6.71. The smallest absolute Gasteiger partial charge is 0.164 e. The van der Waals surface area contributed by atoms with Crippen molar-refractivity contribution in [1.82, 2.24) is 15.0 Å². The summed E-state index contributed by atoms with van der Waals surface area (Å²) in [5.74, 6) is 1.93. The molecule has 8 aromatic carbocycles. The Balaban J connectivity index is 1.15. The van der Waals surface area contributed by atoms with Crippen LogP contribution in [0.3, 0.4) is 0 Å². The van der Waals surface area contributed by atoms with Gasteiger partial charge in [-0.2, -0.15) is 0 Å². The molecule has 234 valence electrons. The van der Waals surface area contributed by atoms with Gasteiger partial charge in [-0.15, -0.1) is 0 Å². The minimum atomic E-state index is 0.643. The van der Waals surface area contributed by atoms with Gasteiger partial charge in [0.1, 0.15) is 0 Å². The van der Waals surface area contributed by atoms with E-state index in [9.17, 15) is 0 Å². The average Bonchev–Trinajstić information content (AvgIpc) is 3.21. The van der Waals surface area contributed by atoms with Crippen LogP contribution < -0.4 is 0 Å². The van der Waals surface area contributed by atoms with Crippen LogP contribution in [0.15, 0.2) is 188 Å². The van der Waals surface area contributed by atoms with E-state index in [0.29, 0.717) is 17.5 Å². The van der Waals surface area contributed by atoms with E-state index in [1.165, 1.54) is 27.6 Å². The van der Waals surface area contributed by atoms with Crippen LogP contribution in [0.2, 0.25) is 0 Å². The maximum atomic E-state index is 5.13. The molecule has 0 saturated heterocycles. The highest BCUT2D eigenvalue weighted by molar-refractivity contribution is 6.00. The van der Waals surface area contributed by atoms with Crippen molar-refractivity contribution in [1.29, 1.82) is 0 Å². The summed E-state index contributed by atoms with van der Waals surface area (Å²) in [6.07, 6.45) is 0. The molecular formula is C47H31N3. The van der Waals surface area contributed by atoms with E-state index in [1.807, 2.05) is 36.4 Å². The Morgan fingerprint density at radius 1 is 0.240 bits per heavy atom. The van der Waals surface area contributed by atoms with E-state index < -0.39 is 0 Å². The average molecular weight is 638 g/mol. The molecule has 0 atom stereocenters. The Morgan fingerprint density at radius 2 is 0.700 bits per heavy atom. The van der Waals surface area contributed by atoms with E-state index in [1.54, 1.807) is 0 Å². The summed E-state index contributed by atoms with van der Waals surface area (Å²) in [5.41, 5.74) is 9.95. The molecule has 9 rings (SSSR count). The van der Waals surface area contributed by atoms with Crippen LogP contribution in [0.5, 0.6) is 0 Å². The summed E-state index contributed by atoms with van der Waals surface area (Å²) in [6.45, 7) is 0. The molecular weight excluding hydrogens is 607 g/mol. The third-order valence-electron chi connectivity index (χ3n) is 9.27. The molecule has 0 saturated carbocycles. The predicted molar refractivity (Wildman–Crippen MR) is 207 cm³/mol. The van der Waals surface area contributed by atoms with Gasteiger partial charge < -0.3 is 0 Å². The van der Waals surface area contributed by atoms with Gasteiger partial charge in [0.2, 0.25) is 0 Å². The fourth-order valence-corrected chi connectivity index (χ4v) is 6.72. The molecule has 1 aromatic heterocycles. The van der Waals surface area contributed by atoms with Gasteiger partial charge in [0.05, 0.1) is 0 Å². The van der Waals surface area contributed by atoms with E-state index >= 15 is 0 Å². The molecule has 0 aliphatic heterocycles. The Kier molecular flexibility index (Phi) is 7.49. The minimum Gasteiger partial charge on any atom is -0.208 e. The number of hydrogen-bond acceptors (Lipinski definition) is 3. The number of nitrogens with zero attached hydrogens (tertiary/aromatic N) is 3. The van der Waals surface area contributed by atoms with Crippen LogP contribution in [0, 0.1) is 0 Å². The fourth-order valence-electron chi connectivity index (χ4n) is 6.72. The molecule has 0 amide bonds. The SMILES string of the molecule is c1ccc(-c2cccc(-c3ccc4cc(-c5nc(-c6ccccc6)nc(-c6cc(-c7ccccc7)c7ccccc7c6)n5)ccc4c3)c2)cc1. The highest BCUT2D eigenvalue weighted by Crippen LogP contribution is 2.35. The summed E-state index contributed by atoms with van der Waals surface area (Å²) in [7, 11) is 0. The molecule has 9 aromatic rings. The van der Waals surface area contributed by atoms with Gasteiger partial charge in [0.25, 0.3) is 0 Å². The van der Waals surface area contributed by atoms with Crippen molar-refractivity contribution in [2.75, 3.05) is 0 Å². The van der Waals surface area contributed by atoms with Crippen molar-refractivity contribution in [3.63, 3.8) is 0 Å². The molecule has 0 spiro atoms. The topological polar surface area (TPSA) is 38.7 Å². The van der Waals surface area contributed by atoms with Crippen LogP contribution in [0.25, 0.3) is 89.1 Å². The van der Waals surface area contributed by atoms with Crippen molar-refractivity contribution in [3.05, 3.63) is 188 Å². The van der Waals surface area contributed by atoms with Crippen molar-refractivity contribution in [3.8, 4) is 67.5 Å². The van der Waals surface area contributed by atoms with Crippen LogP contribution in [-0.4, -0.2) is 15.0 Å². The maximum Gasteiger partial charge on any atom is 0.164 e. The summed E-state index contributed by atoms with van der Waals surface area (Å²) >= 11 is 0. The van der Waals surface area contributed by atoms with Crippen LogP contribution in [0.1, 0.15) is 0 Å². The molecule has 50 heavy (non-hydrogen) atoms. The third-order valence-corrected chi connectivity index (χ3v) is 9.27. The predicted octanol–water partition coefficient (Wildman–Crippen LogP) is 12.2. The van der Waals surface area contributed by atoms with E-state index in [2.05, 4.69) is 152 Å². The number of benzene rings is 8. The molecule has 0 bridgehead atoms. The first-order valence-electron chi connectivity index (χ1n) is 16.9. The lowest BCUT2D eigenvalue weighted by Gasteiger charge is -2.13. The zero-order chi connectivity index (χ0) is 33.3. The molecule has 0 radical (unpaired) electrons. The van der Waals surface area contributed by atoms with Crippen LogP contribution >= 0.6 is 0 Å². The lowest BCUT2D eigenvalue weighted by Crippen LogP contribution is -2.00. The standard InChI is InChI=1S/C47H31N3/c1-4-13-32(14-5-1)35-20-12-21-36(27-35)37-23-24-39-29-41(26-25-38(39)28-37)46-48-45(34-17-8-3-9-18-34)49-47(50-46)42-30-40-19-10-11-22-43(40)44(31-42)33-15-6-2-7-16-33/h1-31H. The molecule has 0 unspecified atom stereocenters. The number of hydrogen-bond donors (Lipinski definition) is 0. The molecule has 0 aliphatic carbocycles. The van der Waals surface area contributed by atoms with Gasteiger partial charge in [-0.25, -0.2) is 15.0 Å². The third kappa shape index (κ3) is 5.72. The second kappa shape index (κ2) is 12.7. The second-order valence-corrected chi connectivity index (χ2v) is 12.5. The molecule has 0 fully saturated rings. The monoisotopic (exact) mass is 637 g/mol. The van der Waals surface area contributed by atoms with Crippen molar-refractivity contribution in [2.24, 2.45) is 0 Å². The first kappa shape index (κ1) is 29.4. The van der Waals surface area contributed by atoms with Crippen LogP contribution in [0.4, 0.5) is 0 Å². The molecule has 0 N–H and O–H groups in total. The quantitative estimate of drug-likeness (QED) is 0.182. The van der Waals surface area contributed by atoms with Crippen molar-refractivity contribution < 1.29 is 0 Å². The largest absolute Gasteiger partial charge is 0.208 e. The number of fused-ring (bicyclic) bond motifs is 2. The fraction of sp³-hybridized carbons (Fsp3) is 0. The highest BCUT2D eigenvalue weighted by Gasteiger charge is 2.15. The molecule has 1 heterocycles. The first-order valence-corrected chi connectivity index (χ1v) is 16.9. The van der Waals surface area contributed by atoms with E-state index in [-0.39, 0.29) is 0 Å². The molecule has 0 aliphatic rings. The van der Waals surface area contributed by atoms with Gasteiger partial charge in [-0.05, 0) is 85.3 Å². The minimum absolute atomic E-state index is 0.643. The van der Waals surface area contributed by atoms with Gasteiger partial charge in [-0.1, -0.05) is 158 Å². The van der Waals surface area contributed by atoms with Crippen molar-refractivity contribution >= 4 is 21.5 Å². The normalized spacial score (nSPS) is 11.2. The lowest BCUT2D eigenvalue weighted by atomic mass is 9.95. The second-order valence-electron chi connectivity index (χ2n) is 12.5. The van der Waals surface area contributed by atoms with Gasteiger partial charge >= 0.3 is 0 Å². The van der Waals surface area contributed by atoms with Gasteiger partial charge in [-0.3, -0.25) is 0 Å². The van der Waals surface area contributed by atoms with E-state index in [4.69, 9.17) is 15.0 Å². The summed E-state index contributed by atoms with van der Waals surface area (Å²) < 4.78 is 0. The Labute approximate surface area is 291 Å². The summed E-state index contributed by atoms with van der Waals surface area (Å²) in [4.78, 5) is 15.2. The van der Waals surface area contributed by atoms with Gasteiger partial charge in [0, 0.05) is 16.7 Å². The number of aromatic nitrogens is 3. The highest BCUT2D eigenvalue weighted by atomic mass is 15.0. The van der Waals surface area contributed by atoms with Crippen LogP contribution in [-0.2, 0) is 0 Å². The maximum absolute atomic E-state index is 5.13. The van der Waals surface area contributed by atoms with Crippen molar-refractivity contribution in [2.45, 2.75) is 0 Å². The molecule has 3 nitrogen and oxygen atoms in total. The number of rotatable bonds is 6. The Morgan fingerprint density at radius 3 is 1.40 bits per heavy atom. The Bertz CT molecular complexity index is 2630. The van der Waals surface area contributed by atoms with E-state index in [0.717, 1.165) is 44.0 Å². The molecule has 3 heteroatoms.